The maximum Gasteiger partial charge on any atom is 0.156 e. The first-order valence-electron chi connectivity index (χ1n) is 3.70. The zero-order valence-electron chi connectivity index (χ0n) is 5.84. The average molecular weight is 134 g/mol. The molecule has 1 nitrogen and oxygen atoms in total. The standard InChI is InChI=1S/C9H10O/c10-8-3-1-2-4-9(7-8)5-6-9/h1-4H,5-7H2. The monoisotopic (exact) mass is 134 g/mol. The van der Waals surface area contributed by atoms with E-state index in [0.29, 0.717) is 5.41 Å². The Bertz CT molecular complexity index is 219. The second-order valence-electron chi connectivity index (χ2n) is 3.22. The van der Waals surface area contributed by atoms with Crippen molar-refractivity contribution in [1.29, 1.82) is 0 Å². The second-order valence-corrected chi connectivity index (χ2v) is 3.22. The highest BCUT2D eigenvalue weighted by Gasteiger charge is 2.41. The second kappa shape index (κ2) is 1.82. The van der Waals surface area contributed by atoms with Gasteiger partial charge in [-0.15, -0.1) is 0 Å². The van der Waals surface area contributed by atoms with E-state index in [0.717, 1.165) is 6.42 Å². The molecule has 2 aliphatic carbocycles. The predicted molar refractivity (Wildman–Crippen MR) is 39.6 cm³/mol. The topological polar surface area (TPSA) is 17.1 Å². The van der Waals surface area contributed by atoms with Crippen molar-refractivity contribution in [2.75, 3.05) is 0 Å². The van der Waals surface area contributed by atoms with E-state index in [1.54, 1.807) is 6.08 Å². The first-order valence-corrected chi connectivity index (χ1v) is 3.70. The number of ketones is 1. The molecule has 0 amide bonds. The Balaban J connectivity index is 2.22. The molecule has 1 spiro atoms. The lowest BCUT2D eigenvalue weighted by molar-refractivity contribution is -0.115. The van der Waals surface area contributed by atoms with Crippen molar-refractivity contribution in [2.45, 2.75) is 19.3 Å². The van der Waals surface area contributed by atoms with Gasteiger partial charge in [-0.05, 0) is 24.3 Å². The highest BCUT2D eigenvalue weighted by molar-refractivity contribution is 5.91. The molecule has 0 atom stereocenters. The Kier molecular flexibility index (Phi) is 1.07. The van der Waals surface area contributed by atoms with Gasteiger partial charge in [0.25, 0.3) is 0 Å². The molecule has 1 saturated carbocycles. The van der Waals surface area contributed by atoms with E-state index in [1.165, 1.54) is 12.8 Å². The molecule has 0 aromatic carbocycles. The van der Waals surface area contributed by atoms with E-state index in [2.05, 4.69) is 6.08 Å². The van der Waals surface area contributed by atoms with Crippen molar-refractivity contribution in [1.82, 2.24) is 0 Å². The molecule has 2 aliphatic rings. The van der Waals surface area contributed by atoms with Gasteiger partial charge < -0.3 is 0 Å². The number of hydrogen-bond acceptors (Lipinski definition) is 1. The van der Waals surface area contributed by atoms with Crippen LogP contribution in [0.2, 0.25) is 0 Å². The van der Waals surface area contributed by atoms with E-state index >= 15 is 0 Å². The number of carbonyl (C=O) groups excluding carboxylic acids is 1. The quantitative estimate of drug-likeness (QED) is 0.494. The van der Waals surface area contributed by atoms with E-state index in [4.69, 9.17) is 0 Å². The van der Waals surface area contributed by atoms with Crippen molar-refractivity contribution in [3.63, 3.8) is 0 Å². The summed E-state index contributed by atoms with van der Waals surface area (Å²) in [6.45, 7) is 0. The van der Waals surface area contributed by atoms with Crippen molar-refractivity contribution in [3.05, 3.63) is 24.3 Å². The highest BCUT2D eigenvalue weighted by atomic mass is 16.1. The van der Waals surface area contributed by atoms with Crippen LogP contribution in [0.3, 0.4) is 0 Å². The minimum atomic E-state index is 0.280. The lowest BCUT2D eigenvalue weighted by atomic mass is 10.0. The summed E-state index contributed by atoms with van der Waals surface area (Å²) < 4.78 is 0. The fourth-order valence-corrected chi connectivity index (χ4v) is 1.39. The Morgan fingerprint density at radius 2 is 2.10 bits per heavy atom. The largest absolute Gasteiger partial charge is 0.295 e. The zero-order valence-corrected chi connectivity index (χ0v) is 5.84. The summed E-state index contributed by atoms with van der Waals surface area (Å²) in [6.07, 6.45) is 10.8. The molecule has 1 heteroatoms. The van der Waals surface area contributed by atoms with Gasteiger partial charge in [0.05, 0.1) is 0 Å². The molecule has 1 fully saturated rings. The van der Waals surface area contributed by atoms with Gasteiger partial charge in [0.15, 0.2) is 5.78 Å². The summed E-state index contributed by atoms with van der Waals surface area (Å²) in [6, 6.07) is 0. The molecule has 2 rings (SSSR count). The van der Waals surface area contributed by atoms with Gasteiger partial charge in [0.1, 0.15) is 0 Å². The van der Waals surface area contributed by atoms with Crippen LogP contribution < -0.4 is 0 Å². The highest BCUT2D eigenvalue weighted by Crippen LogP contribution is 2.50. The summed E-state index contributed by atoms with van der Waals surface area (Å²) in [7, 11) is 0. The minimum absolute atomic E-state index is 0.280. The van der Waals surface area contributed by atoms with Crippen LogP contribution in [-0.4, -0.2) is 5.78 Å². The van der Waals surface area contributed by atoms with Gasteiger partial charge in [0.2, 0.25) is 0 Å². The van der Waals surface area contributed by atoms with Crippen LogP contribution in [-0.2, 0) is 4.79 Å². The zero-order chi connectivity index (χ0) is 7.03. The third-order valence-corrected chi connectivity index (χ3v) is 2.26. The minimum Gasteiger partial charge on any atom is -0.295 e. The third kappa shape index (κ3) is 0.919. The van der Waals surface area contributed by atoms with Gasteiger partial charge in [-0.2, -0.15) is 0 Å². The first-order chi connectivity index (χ1) is 4.81. The fourth-order valence-electron chi connectivity index (χ4n) is 1.39. The lowest BCUT2D eigenvalue weighted by Gasteiger charge is -2.02. The SMILES string of the molecule is O=C1C=CC=CC2(CC2)C1. The maximum atomic E-state index is 11.0. The molecular weight excluding hydrogens is 124 g/mol. The number of carbonyl (C=O) groups is 1. The molecule has 52 valence electrons. The molecular formula is C9H10O. The Hall–Kier alpha value is -0.850. The van der Waals surface area contributed by atoms with Gasteiger partial charge >= 0.3 is 0 Å². The molecule has 0 radical (unpaired) electrons. The van der Waals surface area contributed by atoms with Crippen LogP contribution >= 0.6 is 0 Å². The Labute approximate surface area is 60.4 Å². The first kappa shape index (κ1) is 5.90. The summed E-state index contributed by atoms with van der Waals surface area (Å²) in [4.78, 5) is 11.0. The summed E-state index contributed by atoms with van der Waals surface area (Å²) in [5.74, 6) is 0.280. The summed E-state index contributed by atoms with van der Waals surface area (Å²) >= 11 is 0. The van der Waals surface area contributed by atoms with E-state index < -0.39 is 0 Å². The summed E-state index contributed by atoms with van der Waals surface area (Å²) in [5.41, 5.74) is 0.292. The molecule has 0 bridgehead atoms. The number of hydrogen-bond donors (Lipinski definition) is 0. The molecule has 0 unspecified atom stereocenters. The van der Waals surface area contributed by atoms with Gasteiger partial charge in [-0.1, -0.05) is 18.2 Å². The molecule has 0 aliphatic heterocycles. The van der Waals surface area contributed by atoms with Crippen LogP contribution in [0, 0.1) is 5.41 Å². The predicted octanol–water partition coefficient (Wildman–Crippen LogP) is 1.85. The number of rotatable bonds is 0. The molecule has 0 N–H and O–H groups in total. The van der Waals surface area contributed by atoms with Crippen LogP contribution in [0.25, 0.3) is 0 Å². The molecule has 0 heterocycles. The third-order valence-electron chi connectivity index (χ3n) is 2.26. The maximum absolute atomic E-state index is 11.0. The van der Waals surface area contributed by atoms with E-state index in [9.17, 15) is 4.79 Å². The lowest BCUT2D eigenvalue weighted by Crippen LogP contribution is -2.01. The van der Waals surface area contributed by atoms with Crippen molar-refractivity contribution < 1.29 is 4.79 Å². The van der Waals surface area contributed by atoms with Crippen LogP contribution in [0.5, 0.6) is 0 Å². The number of allylic oxidation sites excluding steroid dienone is 4. The van der Waals surface area contributed by atoms with Crippen molar-refractivity contribution in [2.24, 2.45) is 5.41 Å². The molecule has 0 saturated heterocycles. The summed E-state index contributed by atoms with van der Waals surface area (Å²) in [5, 5.41) is 0. The Morgan fingerprint density at radius 3 is 2.80 bits per heavy atom. The van der Waals surface area contributed by atoms with Crippen molar-refractivity contribution >= 4 is 5.78 Å². The molecule has 0 aromatic rings. The van der Waals surface area contributed by atoms with Gasteiger partial charge in [-0.3, -0.25) is 4.79 Å². The average Bonchev–Trinajstić information content (AvgIpc) is 2.64. The smallest absolute Gasteiger partial charge is 0.156 e. The molecule has 0 aromatic heterocycles. The van der Waals surface area contributed by atoms with E-state index in [-0.39, 0.29) is 5.78 Å². The van der Waals surface area contributed by atoms with Gasteiger partial charge in [0, 0.05) is 6.42 Å². The van der Waals surface area contributed by atoms with Crippen LogP contribution in [0.4, 0.5) is 0 Å². The fraction of sp³-hybridized carbons (Fsp3) is 0.444. The normalized spacial score (nSPS) is 27.0. The molecule has 10 heavy (non-hydrogen) atoms. The van der Waals surface area contributed by atoms with Crippen LogP contribution in [0.1, 0.15) is 19.3 Å². The van der Waals surface area contributed by atoms with Gasteiger partial charge in [-0.25, -0.2) is 0 Å². The van der Waals surface area contributed by atoms with Crippen molar-refractivity contribution in [3.8, 4) is 0 Å². The Morgan fingerprint density at radius 1 is 1.30 bits per heavy atom. The van der Waals surface area contributed by atoms with E-state index in [1.807, 2.05) is 12.2 Å². The van der Waals surface area contributed by atoms with Crippen LogP contribution in [0.15, 0.2) is 24.3 Å².